The molecular weight excluding hydrogens is 452 g/mol. The van der Waals surface area contributed by atoms with Crippen LogP contribution in [0.3, 0.4) is 0 Å². The van der Waals surface area contributed by atoms with Crippen molar-refractivity contribution < 1.29 is 23.8 Å². The van der Waals surface area contributed by atoms with Gasteiger partial charge in [-0.3, -0.25) is 9.59 Å². The number of ether oxygens (including phenoxy) is 3. The number of para-hydroxylation sites is 1. The number of halogens is 1. The van der Waals surface area contributed by atoms with Crippen molar-refractivity contribution in [2.75, 3.05) is 18.5 Å². The molecule has 0 unspecified atom stereocenters. The highest BCUT2D eigenvalue weighted by Crippen LogP contribution is 2.52. The van der Waals surface area contributed by atoms with Gasteiger partial charge in [0.1, 0.15) is 6.10 Å². The number of rotatable bonds is 8. The Kier molecular flexibility index (Phi) is 6.47. The third-order valence-corrected chi connectivity index (χ3v) is 6.98. The van der Waals surface area contributed by atoms with Gasteiger partial charge in [0.05, 0.1) is 23.0 Å². The molecule has 32 heavy (non-hydrogen) atoms. The van der Waals surface area contributed by atoms with Gasteiger partial charge in [-0.25, -0.2) is 4.98 Å². The van der Waals surface area contributed by atoms with Crippen LogP contribution in [0.25, 0.3) is 0 Å². The largest absolute Gasteiger partial charge is 0.459 e. The topological polar surface area (TPSA) is 86.8 Å². The van der Waals surface area contributed by atoms with E-state index in [4.69, 9.17) is 25.8 Å². The Morgan fingerprint density at radius 3 is 2.84 bits per heavy atom. The van der Waals surface area contributed by atoms with Crippen molar-refractivity contribution in [2.45, 2.75) is 51.7 Å². The molecule has 1 spiro atoms. The lowest BCUT2D eigenvalue weighted by Crippen LogP contribution is -2.32. The summed E-state index contributed by atoms with van der Waals surface area (Å²) in [4.78, 5) is 30.2. The third kappa shape index (κ3) is 4.49. The summed E-state index contributed by atoms with van der Waals surface area (Å²) in [6.45, 7) is 6.91. The van der Waals surface area contributed by atoms with E-state index in [2.05, 4.69) is 24.1 Å². The van der Waals surface area contributed by atoms with Crippen LogP contribution in [0.5, 0.6) is 0 Å². The van der Waals surface area contributed by atoms with Crippen LogP contribution in [0.4, 0.5) is 10.8 Å². The summed E-state index contributed by atoms with van der Waals surface area (Å²) >= 11 is 7.59. The first-order valence-electron chi connectivity index (χ1n) is 10.7. The molecule has 4 rings (SSSR count). The minimum absolute atomic E-state index is 0.190. The second kappa shape index (κ2) is 9.00. The number of anilines is 2. The fourth-order valence-corrected chi connectivity index (χ4v) is 5.12. The maximum absolute atomic E-state index is 12.9. The van der Waals surface area contributed by atoms with Gasteiger partial charge in [0, 0.05) is 24.8 Å². The maximum Gasteiger partial charge on any atom is 0.324 e. The van der Waals surface area contributed by atoms with Gasteiger partial charge in [-0.15, -0.1) is 11.3 Å². The molecule has 2 aliphatic heterocycles. The second-order valence-electron chi connectivity index (χ2n) is 9.01. The van der Waals surface area contributed by atoms with E-state index in [9.17, 15) is 9.59 Å². The van der Waals surface area contributed by atoms with E-state index in [1.165, 1.54) is 11.3 Å². The number of esters is 2. The van der Waals surface area contributed by atoms with Crippen LogP contribution in [-0.4, -0.2) is 36.2 Å². The van der Waals surface area contributed by atoms with Crippen LogP contribution >= 0.6 is 22.9 Å². The number of benzene rings is 1. The van der Waals surface area contributed by atoms with E-state index in [1.54, 1.807) is 13.0 Å². The van der Waals surface area contributed by atoms with E-state index < -0.39 is 29.1 Å². The highest BCUT2D eigenvalue weighted by atomic mass is 35.5. The lowest BCUT2D eigenvalue weighted by atomic mass is 9.78. The van der Waals surface area contributed by atoms with Gasteiger partial charge in [-0.1, -0.05) is 37.6 Å². The average molecular weight is 479 g/mol. The summed E-state index contributed by atoms with van der Waals surface area (Å²) in [6.07, 6.45) is 0.935. The molecule has 3 atom stereocenters. The summed E-state index contributed by atoms with van der Waals surface area (Å²) in [7, 11) is 0. The molecule has 2 saturated heterocycles. The molecule has 0 saturated carbocycles. The van der Waals surface area contributed by atoms with Crippen molar-refractivity contribution in [1.29, 1.82) is 0 Å². The third-order valence-electron chi connectivity index (χ3n) is 5.89. The Morgan fingerprint density at radius 1 is 1.31 bits per heavy atom. The van der Waals surface area contributed by atoms with E-state index in [0.717, 1.165) is 12.1 Å². The van der Waals surface area contributed by atoms with E-state index >= 15 is 0 Å². The van der Waals surface area contributed by atoms with Gasteiger partial charge >= 0.3 is 11.9 Å². The predicted molar refractivity (Wildman–Crippen MR) is 122 cm³/mol. The second-order valence-corrected chi connectivity index (χ2v) is 10.3. The Balaban J connectivity index is 1.44. The van der Waals surface area contributed by atoms with Gasteiger partial charge in [0.2, 0.25) is 0 Å². The highest BCUT2D eigenvalue weighted by Gasteiger charge is 2.65. The maximum atomic E-state index is 12.9. The first kappa shape index (κ1) is 23.0. The van der Waals surface area contributed by atoms with Crippen LogP contribution in [0.15, 0.2) is 29.6 Å². The van der Waals surface area contributed by atoms with Crippen molar-refractivity contribution in [1.82, 2.24) is 4.98 Å². The molecule has 172 valence electrons. The first-order valence-corrected chi connectivity index (χ1v) is 12.0. The van der Waals surface area contributed by atoms with Crippen LogP contribution < -0.4 is 5.32 Å². The van der Waals surface area contributed by atoms with Gasteiger partial charge in [0.15, 0.2) is 16.1 Å². The van der Waals surface area contributed by atoms with Crippen molar-refractivity contribution in [2.24, 2.45) is 11.3 Å². The summed E-state index contributed by atoms with van der Waals surface area (Å²) in [6, 6.07) is 7.37. The van der Waals surface area contributed by atoms with E-state index in [0.29, 0.717) is 28.4 Å². The fraction of sp³-hybridized carbons (Fsp3) is 0.522. The smallest absolute Gasteiger partial charge is 0.324 e. The number of hydrogen-bond acceptors (Lipinski definition) is 8. The fourth-order valence-electron chi connectivity index (χ4n) is 4.10. The highest BCUT2D eigenvalue weighted by molar-refractivity contribution is 7.13. The molecule has 3 heterocycles. The molecule has 0 radical (unpaired) electrons. The minimum atomic E-state index is -1.30. The number of hydrogen-bond donors (Lipinski definition) is 1. The van der Waals surface area contributed by atoms with Gasteiger partial charge in [-0.2, -0.15) is 0 Å². The standard InChI is InChI=1S/C23H27ClN2O5S/c1-14(2)8-9-29-11-15-10-23(19(27)30-15)13-22(3,31-20(23)28)18-12-32-21(26-18)25-17-7-5-4-6-16(17)24/h4-7,12,14-15H,8-11,13H2,1-3H3,(H,25,26)/t15-,22-,23-/m0/s1. The number of thiazole rings is 1. The number of carbonyl (C=O) groups excluding carboxylic acids is 2. The predicted octanol–water partition coefficient (Wildman–Crippen LogP) is 5.07. The van der Waals surface area contributed by atoms with Crippen molar-refractivity contribution in [3.05, 3.63) is 40.4 Å². The summed E-state index contributed by atoms with van der Waals surface area (Å²) < 4.78 is 16.9. The van der Waals surface area contributed by atoms with Crippen molar-refractivity contribution >= 4 is 45.7 Å². The van der Waals surface area contributed by atoms with Crippen LogP contribution in [-0.2, 0) is 29.4 Å². The summed E-state index contributed by atoms with van der Waals surface area (Å²) in [5, 5.41) is 6.22. The molecule has 9 heteroatoms. The summed E-state index contributed by atoms with van der Waals surface area (Å²) in [5.74, 6) is -0.551. The van der Waals surface area contributed by atoms with E-state index in [-0.39, 0.29) is 19.4 Å². The Morgan fingerprint density at radius 2 is 2.09 bits per heavy atom. The molecule has 0 aliphatic carbocycles. The Bertz CT molecular complexity index is 1010. The molecule has 0 bridgehead atoms. The summed E-state index contributed by atoms with van der Waals surface area (Å²) in [5.41, 5.74) is -0.993. The number of aromatic nitrogens is 1. The van der Waals surface area contributed by atoms with Crippen LogP contribution in [0.1, 0.15) is 45.7 Å². The Labute approximate surface area is 196 Å². The molecular formula is C23H27ClN2O5S. The number of nitrogens with zero attached hydrogens (tertiary/aromatic N) is 1. The monoisotopic (exact) mass is 478 g/mol. The molecule has 0 amide bonds. The zero-order valence-electron chi connectivity index (χ0n) is 18.4. The SMILES string of the molecule is CC(C)CCOC[C@@H]1C[C@]2(C[C@@](C)(c3csc(Nc4ccccc4Cl)n3)OC2=O)C(=O)O1. The lowest BCUT2D eigenvalue weighted by Gasteiger charge is -2.20. The molecule has 7 nitrogen and oxygen atoms in total. The Hall–Kier alpha value is -2.16. The molecule has 2 aromatic rings. The zero-order valence-corrected chi connectivity index (χ0v) is 19.9. The number of carbonyl (C=O) groups is 2. The minimum Gasteiger partial charge on any atom is -0.459 e. The van der Waals surface area contributed by atoms with Crippen LogP contribution in [0.2, 0.25) is 5.02 Å². The zero-order chi connectivity index (χ0) is 22.9. The average Bonchev–Trinajstić information content (AvgIpc) is 3.39. The molecule has 1 N–H and O–H groups in total. The van der Waals surface area contributed by atoms with Gasteiger partial charge in [0.25, 0.3) is 0 Å². The van der Waals surface area contributed by atoms with E-state index in [1.807, 2.05) is 23.6 Å². The lowest BCUT2D eigenvalue weighted by molar-refractivity contribution is -0.160. The number of cyclic esters (lactones) is 2. The quantitative estimate of drug-likeness (QED) is 0.322. The molecule has 2 fully saturated rings. The van der Waals surface area contributed by atoms with Gasteiger partial charge < -0.3 is 19.5 Å². The van der Waals surface area contributed by atoms with Gasteiger partial charge in [-0.05, 0) is 31.4 Å². The first-order chi connectivity index (χ1) is 15.2. The normalized spacial score (nSPS) is 27.2. The molecule has 1 aromatic carbocycles. The van der Waals surface area contributed by atoms with Crippen LogP contribution in [0, 0.1) is 11.3 Å². The molecule has 1 aromatic heterocycles. The number of nitrogens with one attached hydrogen (secondary N) is 1. The van der Waals surface area contributed by atoms with Crippen molar-refractivity contribution in [3.63, 3.8) is 0 Å². The molecule has 2 aliphatic rings. The van der Waals surface area contributed by atoms with Crippen molar-refractivity contribution in [3.8, 4) is 0 Å².